The van der Waals surface area contributed by atoms with Crippen molar-refractivity contribution < 1.29 is 9.84 Å². The Morgan fingerprint density at radius 1 is 1.27 bits per heavy atom. The first-order valence-electron chi connectivity index (χ1n) is 5.08. The molecule has 0 saturated carbocycles. The quantitative estimate of drug-likeness (QED) is 0.810. The summed E-state index contributed by atoms with van der Waals surface area (Å²) in [6, 6.07) is 9.72. The van der Waals surface area contributed by atoms with E-state index in [1.54, 1.807) is 0 Å². The van der Waals surface area contributed by atoms with Crippen LogP contribution in [-0.2, 0) is 0 Å². The highest BCUT2D eigenvalue weighted by molar-refractivity contribution is 5.91. The maximum Gasteiger partial charge on any atom is 0.130 e. The second-order valence-electron chi connectivity index (χ2n) is 3.50. The van der Waals surface area contributed by atoms with Crippen molar-refractivity contribution in [2.45, 2.75) is 13.8 Å². The topological polar surface area (TPSA) is 29.5 Å². The van der Waals surface area contributed by atoms with Crippen LogP contribution in [0.4, 0.5) is 0 Å². The number of rotatable bonds is 2. The zero-order chi connectivity index (χ0) is 10.8. The molecule has 0 amide bonds. The molecule has 0 spiro atoms. The molecule has 0 heterocycles. The monoisotopic (exact) mass is 202 g/mol. The lowest BCUT2D eigenvalue weighted by atomic mass is 10.1. The highest BCUT2D eigenvalue weighted by Gasteiger charge is 2.08. The summed E-state index contributed by atoms with van der Waals surface area (Å²) >= 11 is 0. The van der Waals surface area contributed by atoms with Crippen molar-refractivity contribution >= 4 is 10.8 Å². The van der Waals surface area contributed by atoms with Gasteiger partial charge in [-0.05, 0) is 25.3 Å². The highest BCUT2D eigenvalue weighted by Crippen LogP contribution is 2.35. The summed E-state index contributed by atoms with van der Waals surface area (Å²) in [7, 11) is 0. The molecule has 2 nitrogen and oxygen atoms in total. The normalized spacial score (nSPS) is 10.5. The van der Waals surface area contributed by atoms with Gasteiger partial charge in [-0.25, -0.2) is 0 Å². The SMILES string of the molecule is CCOc1cc2ccccc2c(O)c1C. The minimum atomic E-state index is 0.316. The smallest absolute Gasteiger partial charge is 0.130 e. The lowest BCUT2D eigenvalue weighted by Gasteiger charge is -2.11. The predicted molar refractivity (Wildman–Crippen MR) is 61.5 cm³/mol. The van der Waals surface area contributed by atoms with Crippen LogP contribution in [0.25, 0.3) is 10.8 Å². The Kier molecular flexibility index (Phi) is 2.50. The highest BCUT2D eigenvalue weighted by atomic mass is 16.5. The van der Waals surface area contributed by atoms with Crippen LogP contribution in [0.1, 0.15) is 12.5 Å². The minimum Gasteiger partial charge on any atom is -0.507 e. The molecule has 0 fully saturated rings. The van der Waals surface area contributed by atoms with Gasteiger partial charge in [0, 0.05) is 10.9 Å². The van der Waals surface area contributed by atoms with Gasteiger partial charge in [0.1, 0.15) is 11.5 Å². The van der Waals surface area contributed by atoms with E-state index in [0.717, 1.165) is 22.1 Å². The largest absolute Gasteiger partial charge is 0.507 e. The third-order valence-corrected chi connectivity index (χ3v) is 2.53. The average molecular weight is 202 g/mol. The Labute approximate surface area is 89.1 Å². The summed E-state index contributed by atoms with van der Waals surface area (Å²) in [5.74, 6) is 1.07. The Hall–Kier alpha value is -1.70. The molecule has 0 bridgehead atoms. The van der Waals surface area contributed by atoms with Gasteiger partial charge >= 0.3 is 0 Å². The summed E-state index contributed by atoms with van der Waals surface area (Å²) in [6.45, 7) is 4.41. The molecule has 15 heavy (non-hydrogen) atoms. The standard InChI is InChI=1S/C13H14O2/c1-3-15-12-8-10-6-4-5-7-11(10)13(14)9(12)2/h4-8,14H,3H2,1-2H3. The molecule has 78 valence electrons. The molecule has 2 heteroatoms. The van der Waals surface area contributed by atoms with E-state index in [1.165, 1.54) is 0 Å². The van der Waals surface area contributed by atoms with Gasteiger partial charge in [0.05, 0.1) is 6.61 Å². The second-order valence-corrected chi connectivity index (χ2v) is 3.50. The van der Waals surface area contributed by atoms with E-state index in [-0.39, 0.29) is 0 Å². The van der Waals surface area contributed by atoms with Gasteiger partial charge in [-0.2, -0.15) is 0 Å². The van der Waals surface area contributed by atoms with Gasteiger partial charge in [-0.15, -0.1) is 0 Å². The minimum absolute atomic E-state index is 0.316. The van der Waals surface area contributed by atoms with Gasteiger partial charge in [0.15, 0.2) is 0 Å². The van der Waals surface area contributed by atoms with Gasteiger partial charge in [-0.1, -0.05) is 24.3 Å². The maximum absolute atomic E-state index is 9.99. The molecule has 1 N–H and O–H groups in total. The third-order valence-electron chi connectivity index (χ3n) is 2.53. The van der Waals surface area contributed by atoms with Gasteiger partial charge in [0.25, 0.3) is 0 Å². The third kappa shape index (κ3) is 1.63. The average Bonchev–Trinajstić information content (AvgIpc) is 2.26. The zero-order valence-electron chi connectivity index (χ0n) is 8.95. The summed E-state index contributed by atoms with van der Waals surface area (Å²) in [5.41, 5.74) is 0.801. The molecule has 0 saturated heterocycles. The molecule has 0 aromatic heterocycles. The summed E-state index contributed by atoms with van der Waals surface area (Å²) in [4.78, 5) is 0. The van der Waals surface area contributed by atoms with Gasteiger partial charge in [-0.3, -0.25) is 0 Å². The van der Waals surface area contributed by atoms with E-state index in [9.17, 15) is 5.11 Å². The van der Waals surface area contributed by atoms with Gasteiger partial charge in [0.2, 0.25) is 0 Å². The van der Waals surface area contributed by atoms with E-state index >= 15 is 0 Å². The van der Waals surface area contributed by atoms with Gasteiger partial charge < -0.3 is 9.84 Å². The number of fused-ring (bicyclic) bond motifs is 1. The molecule has 2 rings (SSSR count). The van der Waals surface area contributed by atoms with E-state index in [2.05, 4.69) is 0 Å². The van der Waals surface area contributed by atoms with Crippen LogP contribution < -0.4 is 4.74 Å². The lowest BCUT2D eigenvalue weighted by Crippen LogP contribution is -1.94. The van der Waals surface area contributed by atoms with Crippen LogP contribution in [0.15, 0.2) is 30.3 Å². The molecular formula is C13H14O2. The molecular weight excluding hydrogens is 188 g/mol. The van der Waals surface area contributed by atoms with Crippen molar-refractivity contribution in [3.8, 4) is 11.5 Å². The Morgan fingerprint density at radius 2 is 2.00 bits per heavy atom. The number of phenolic OH excluding ortho intramolecular Hbond substituents is 1. The maximum atomic E-state index is 9.99. The summed E-state index contributed by atoms with van der Waals surface area (Å²) in [6.07, 6.45) is 0. The van der Waals surface area contributed by atoms with Crippen molar-refractivity contribution in [3.05, 3.63) is 35.9 Å². The number of ether oxygens (including phenoxy) is 1. The molecule has 0 atom stereocenters. The fourth-order valence-electron chi connectivity index (χ4n) is 1.71. The summed E-state index contributed by atoms with van der Waals surface area (Å²) < 4.78 is 5.47. The van der Waals surface area contributed by atoms with E-state index in [0.29, 0.717) is 12.4 Å². The van der Waals surface area contributed by atoms with Crippen LogP contribution >= 0.6 is 0 Å². The van der Waals surface area contributed by atoms with Crippen molar-refractivity contribution in [2.75, 3.05) is 6.61 Å². The lowest BCUT2D eigenvalue weighted by molar-refractivity contribution is 0.335. The zero-order valence-corrected chi connectivity index (χ0v) is 8.95. The number of hydrogen-bond acceptors (Lipinski definition) is 2. The van der Waals surface area contributed by atoms with Crippen LogP contribution in [0.2, 0.25) is 0 Å². The van der Waals surface area contributed by atoms with Crippen molar-refractivity contribution in [3.63, 3.8) is 0 Å². The first-order chi connectivity index (χ1) is 7.24. The molecule has 0 aliphatic carbocycles. The first kappa shape index (κ1) is 9.84. The second kappa shape index (κ2) is 3.81. The Bertz CT molecular complexity index is 489. The molecule has 2 aromatic rings. The van der Waals surface area contributed by atoms with E-state index in [1.807, 2.05) is 44.2 Å². The number of aromatic hydroxyl groups is 1. The molecule has 2 aromatic carbocycles. The number of phenols is 1. The van der Waals surface area contributed by atoms with E-state index in [4.69, 9.17) is 4.74 Å². The van der Waals surface area contributed by atoms with Crippen molar-refractivity contribution in [1.29, 1.82) is 0 Å². The molecule has 0 radical (unpaired) electrons. The van der Waals surface area contributed by atoms with Crippen LogP contribution in [-0.4, -0.2) is 11.7 Å². The Morgan fingerprint density at radius 3 is 2.73 bits per heavy atom. The molecule has 0 unspecified atom stereocenters. The van der Waals surface area contributed by atoms with E-state index < -0.39 is 0 Å². The summed E-state index contributed by atoms with van der Waals surface area (Å²) in [5, 5.41) is 11.9. The van der Waals surface area contributed by atoms with Crippen molar-refractivity contribution in [2.24, 2.45) is 0 Å². The fourth-order valence-corrected chi connectivity index (χ4v) is 1.71. The number of hydrogen-bond donors (Lipinski definition) is 1. The molecule has 0 aliphatic heterocycles. The first-order valence-corrected chi connectivity index (χ1v) is 5.08. The Balaban J connectivity index is 2.71. The van der Waals surface area contributed by atoms with Crippen LogP contribution in [0, 0.1) is 6.92 Å². The predicted octanol–water partition coefficient (Wildman–Crippen LogP) is 3.25. The van der Waals surface area contributed by atoms with Crippen LogP contribution in [0.5, 0.6) is 11.5 Å². The van der Waals surface area contributed by atoms with Crippen LogP contribution in [0.3, 0.4) is 0 Å². The molecule has 0 aliphatic rings. The fraction of sp³-hybridized carbons (Fsp3) is 0.231. The van der Waals surface area contributed by atoms with Crippen molar-refractivity contribution in [1.82, 2.24) is 0 Å². The number of benzene rings is 2.